The molecule has 1 N–H and O–H groups in total. The van der Waals surface area contributed by atoms with Gasteiger partial charge in [-0.1, -0.05) is 6.92 Å². The van der Waals surface area contributed by atoms with E-state index in [-0.39, 0.29) is 0 Å². The molecule has 2 atom stereocenters. The number of rotatable bonds is 4. The summed E-state index contributed by atoms with van der Waals surface area (Å²) in [6.45, 7) is 7.36. The number of nitrogens with zero attached hydrogens (tertiary/aromatic N) is 1. The summed E-state index contributed by atoms with van der Waals surface area (Å²) in [6.07, 6.45) is 12.2. The molecule has 0 aromatic rings. The molecule has 0 radical (unpaired) electrons. The van der Waals surface area contributed by atoms with Crippen LogP contribution in [0.5, 0.6) is 0 Å². The highest BCUT2D eigenvalue weighted by atomic mass is 32.2. The predicted octanol–water partition coefficient (Wildman–Crippen LogP) is 3.51. The van der Waals surface area contributed by atoms with Gasteiger partial charge in [0.15, 0.2) is 0 Å². The molecule has 0 amide bonds. The van der Waals surface area contributed by atoms with Crippen LogP contribution in [0.15, 0.2) is 0 Å². The predicted molar refractivity (Wildman–Crippen MR) is 89.5 cm³/mol. The van der Waals surface area contributed by atoms with Crippen molar-refractivity contribution in [2.45, 2.75) is 81.7 Å². The zero-order valence-corrected chi connectivity index (χ0v) is 14.3. The van der Waals surface area contributed by atoms with E-state index in [1.807, 2.05) is 0 Å². The minimum atomic E-state index is 0.405. The average Bonchev–Trinajstić information content (AvgIpc) is 3.32. The highest BCUT2D eigenvalue weighted by Gasteiger charge is 2.47. The van der Waals surface area contributed by atoms with Crippen LogP contribution in [-0.2, 0) is 0 Å². The van der Waals surface area contributed by atoms with Gasteiger partial charge in [-0.15, -0.1) is 0 Å². The van der Waals surface area contributed by atoms with Crippen molar-refractivity contribution >= 4 is 11.8 Å². The first kappa shape index (κ1) is 15.2. The van der Waals surface area contributed by atoms with E-state index < -0.39 is 0 Å². The summed E-state index contributed by atoms with van der Waals surface area (Å²) >= 11 is 2.08. The van der Waals surface area contributed by atoms with E-state index in [4.69, 9.17) is 0 Å². The molecule has 2 aliphatic carbocycles. The molecule has 1 heterocycles. The Labute approximate surface area is 129 Å². The van der Waals surface area contributed by atoms with Gasteiger partial charge in [-0.2, -0.15) is 11.8 Å². The Morgan fingerprint density at radius 1 is 1.15 bits per heavy atom. The van der Waals surface area contributed by atoms with Gasteiger partial charge in [-0.25, -0.2) is 0 Å². The van der Waals surface area contributed by atoms with Crippen molar-refractivity contribution in [1.82, 2.24) is 10.2 Å². The van der Waals surface area contributed by atoms with Gasteiger partial charge in [-0.3, -0.25) is 4.90 Å². The number of hydrogen-bond acceptors (Lipinski definition) is 3. The van der Waals surface area contributed by atoms with Crippen molar-refractivity contribution in [1.29, 1.82) is 0 Å². The summed E-state index contributed by atoms with van der Waals surface area (Å²) in [5, 5.41) is 4.84. The van der Waals surface area contributed by atoms with Crippen LogP contribution in [-0.4, -0.2) is 47.1 Å². The normalized spacial score (nSPS) is 43.6. The van der Waals surface area contributed by atoms with Gasteiger partial charge in [0.1, 0.15) is 0 Å². The van der Waals surface area contributed by atoms with E-state index in [0.29, 0.717) is 5.54 Å². The zero-order valence-electron chi connectivity index (χ0n) is 13.5. The zero-order chi connectivity index (χ0) is 14.2. The standard InChI is InChI=1S/C17H32N2S/c1-4-14-11-18-17(2,13-5-6-13)12-19(14)15-7-9-16(20-3)10-8-15/h13-16,18H,4-12H2,1-3H3. The quantitative estimate of drug-likeness (QED) is 0.854. The first-order valence-corrected chi connectivity index (χ1v) is 9.98. The molecule has 0 spiro atoms. The fourth-order valence-corrected chi connectivity index (χ4v) is 5.19. The Morgan fingerprint density at radius 3 is 2.40 bits per heavy atom. The van der Waals surface area contributed by atoms with Gasteiger partial charge in [0.05, 0.1) is 0 Å². The number of thioether (sulfide) groups is 1. The largest absolute Gasteiger partial charge is 0.308 e. The Morgan fingerprint density at radius 2 is 1.85 bits per heavy atom. The molecule has 0 aromatic heterocycles. The van der Waals surface area contributed by atoms with E-state index in [1.54, 1.807) is 0 Å². The van der Waals surface area contributed by atoms with Crippen molar-refractivity contribution in [3.8, 4) is 0 Å². The Bertz CT molecular complexity index is 323. The highest BCUT2D eigenvalue weighted by Crippen LogP contribution is 2.43. The molecule has 3 heteroatoms. The van der Waals surface area contributed by atoms with Crippen LogP contribution < -0.4 is 5.32 Å². The molecule has 3 aliphatic rings. The van der Waals surface area contributed by atoms with Crippen LogP contribution in [0.1, 0.15) is 58.8 Å². The second kappa shape index (κ2) is 6.18. The first-order chi connectivity index (χ1) is 9.66. The highest BCUT2D eigenvalue weighted by molar-refractivity contribution is 7.99. The third-order valence-electron chi connectivity index (χ3n) is 6.12. The lowest BCUT2D eigenvalue weighted by molar-refractivity contribution is 0.0237. The molecule has 2 saturated carbocycles. The summed E-state index contributed by atoms with van der Waals surface area (Å²) in [7, 11) is 0. The monoisotopic (exact) mass is 296 g/mol. The van der Waals surface area contributed by atoms with Crippen LogP contribution >= 0.6 is 11.8 Å². The molecule has 116 valence electrons. The number of piperazine rings is 1. The third kappa shape index (κ3) is 3.05. The molecule has 0 aromatic carbocycles. The Hall–Kier alpha value is 0.270. The van der Waals surface area contributed by atoms with E-state index in [1.165, 1.54) is 58.0 Å². The smallest absolute Gasteiger partial charge is 0.0309 e. The van der Waals surface area contributed by atoms with Gasteiger partial charge in [0, 0.05) is 36.0 Å². The number of hydrogen-bond donors (Lipinski definition) is 1. The maximum atomic E-state index is 3.90. The molecule has 2 unspecified atom stereocenters. The topological polar surface area (TPSA) is 15.3 Å². The molecule has 20 heavy (non-hydrogen) atoms. The molecule has 0 bridgehead atoms. The second-order valence-corrected chi connectivity index (χ2v) is 8.61. The van der Waals surface area contributed by atoms with Crippen molar-refractivity contribution in [2.24, 2.45) is 5.92 Å². The number of nitrogens with one attached hydrogen (secondary N) is 1. The molecule has 3 fully saturated rings. The fraction of sp³-hybridized carbons (Fsp3) is 1.00. The third-order valence-corrected chi connectivity index (χ3v) is 7.26. The Balaban J connectivity index is 1.65. The lowest BCUT2D eigenvalue weighted by Gasteiger charge is -2.51. The minimum absolute atomic E-state index is 0.405. The van der Waals surface area contributed by atoms with Crippen molar-refractivity contribution < 1.29 is 0 Å². The maximum absolute atomic E-state index is 3.90. The van der Waals surface area contributed by atoms with Gasteiger partial charge >= 0.3 is 0 Å². The molecular formula is C17H32N2S. The molecular weight excluding hydrogens is 264 g/mol. The molecule has 1 aliphatic heterocycles. The van der Waals surface area contributed by atoms with E-state index in [9.17, 15) is 0 Å². The van der Waals surface area contributed by atoms with Gasteiger partial charge < -0.3 is 5.32 Å². The average molecular weight is 297 g/mol. The lowest BCUT2D eigenvalue weighted by atomic mass is 9.86. The lowest BCUT2D eigenvalue weighted by Crippen LogP contribution is -2.66. The van der Waals surface area contributed by atoms with Crippen molar-refractivity contribution in [3.63, 3.8) is 0 Å². The van der Waals surface area contributed by atoms with Crippen LogP contribution in [0.4, 0.5) is 0 Å². The summed E-state index contributed by atoms with van der Waals surface area (Å²) in [5.41, 5.74) is 0.405. The molecule has 3 rings (SSSR count). The minimum Gasteiger partial charge on any atom is -0.308 e. The van der Waals surface area contributed by atoms with Gasteiger partial charge in [0.25, 0.3) is 0 Å². The summed E-state index contributed by atoms with van der Waals surface area (Å²) in [6, 6.07) is 1.64. The second-order valence-electron chi connectivity index (χ2n) is 7.47. The Kier molecular flexibility index (Phi) is 4.69. The summed E-state index contributed by atoms with van der Waals surface area (Å²) < 4.78 is 0. The van der Waals surface area contributed by atoms with Crippen LogP contribution in [0, 0.1) is 5.92 Å². The van der Waals surface area contributed by atoms with Crippen LogP contribution in [0.25, 0.3) is 0 Å². The van der Waals surface area contributed by atoms with Gasteiger partial charge in [0.2, 0.25) is 0 Å². The summed E-state index contributed by atoms with van der Waals surface area (Å²) in [5.74, 6) is 0.949. The molecule has 1 saturated heterocycles. The van der Waals surface area contributed by atoms with E-state index >= 15 is 0 Å². The van der Waals surface area contributed by atoms with Crippen LogP contribution in [0.2, 0.25) is 0 Å². The van der Waals surface area contributed by atoms with Gasteiger partial charge in [-0.05, 0) is 64.0 Å². The van der Waals surface area contributed by atoms with E-state index in [2.05, 4.69) is 42.1 Å². The van der Waals surface area contributed by atoms with Crippen molar-refractivity contribution in [2.75, 3.05) is 19.3 Å². The maximum Gasteiger partial charge on any atom is 0.0309 e. The molecule has 2 nitrogen and oxygen atoms in total. The van der Waals surface area contributed by atoms with Crippen LogP contribution in [0.3, 0.4) is 0 Å². The SMILES string of the molecule is CCC1CNC(C)(C2CC2)CN1C1CCC(SC)CC1. The van der Waals surface area contributed by atoms with Crippen molar-refractivity contribution in [3.05, 3.63) is 0 Å². The van der Waals surface area contributed by atoms with E-state index in [0.717, 1.165) is 23.3 Å². The fourth-order valence-electron chi connectivity index (χ4n) is 4.45. The summed E-state index contributed by atoms with van der Waals surface area (Å²) in [4.78, 5) is 2.91. The first-order valence-electron chi connectivity index (χ1n) is 8.70.